The van der Waals surface area contributed by atoms with Crippen molar-refractivity contribution in [3.63, 3.8) is 0 Å². The van der Waals surface area contributed by atoms with E-state index in [1.165, 1.54) is 9.80 Å². The third-order valence-corrected chi connectivity index (χ3v) is 5.51. The van der Waals surface area contributed by atoms with E-state index in [1.807, 2.05) is 19.3 Å². The topological polar surface area (TPSA) is 134 Å². The van der Waals surface area contributed by atoms with Crippen molar-refractivity contribution in [3.05, 3.63) is 64.9 Å². The third-order valence-electron chi connectivity index (χ3n) is 5.51. The fraction of sp³-hybridized carbons (Fsp3) is 0.318. The number of nitrogens with zero attached hydrogens (tertiary/aromatic N) is 3. The highest BCUT2D eigenvalue weighted by Crippen LogP contribution is 2.38. The first kappa shape index (κ1) is 23.0. The van der Waals surface area contributed by atoms with Gasteiger partial charge >= 0.3 is 12.1 Å². The Labute approximate surface area is 186 Å². The SMILES string of the molecule is Cc1ccc(NC(=O)N([O-])[C@@H]2N(c3ccc(C)cc3)C(=O)N(CC(=O)NN)C2(C)C)cc1. The minimum Gasteiger partial charge on any atom is -0.753 e. The quantitative estimate of drug-likeness (QED) is 0.374. The zero-order chi connectivity index (χ0) is 23.6. The molecule has 0 bridgehead atoms. The van der Waals surface area contributed by atoms with Gasteiger partial charge in [-0.15, -0.1) is 0 Å². The van der Waals surface area contributed by atoms with Crippen LogP contribution in [0.5, 0.6) is 0 Å². The summed E-state index contributed by atoms with van der Waals surface area (Å²) in [5, 5.41) is 16.1. The molecule has 10 nitrogen and oxygen atoms in total. The molecule has 10 heteroatoms. The van der Waals surface area contributed by atoms with Crippen LogP contribution in [0.1, 0.15) is 25.0 Å². The maximum Gasteiger partial charge on any atom is 0.327 e. The Morgan fingerprint density at radius 1 is 1.06 bits per heavy atom. The zero-order valence-electron chi connectivity index (χ0n) is 18.5. The molecule has 0 aromatic heterocycles. The van der Waals surface area contributed by atoms with Crippen LogP contribution in [0, 0.1) is 19.1 Å². The van der Waals surface area contributed by atoms with Crippen molar-refractivity contribution < 1.29 is 14.4 Å². The number of carbonyl (C=O) groups excluding carboxylic acids is 3. The summed E-state index contributed by atoms with van der Waals surface area (Å²) < 4.78 is 0. The molecule has 0 unspecified atom stereocenters. The van der Waals surface area contributed by atoms with Gasteiger partial charge in [0.05, 0.1) is 5.54 Å². The van der Waals surface area contributed by atoms with Crippen LogP contribution in [0.3, 0.4) is 0 Å². The van der Waals surface area contributed by atoms with Crippen molar-refractivity contribution in [2.45, 2.75) is 39.4 Å². The average Bonchev–Trinajstić information content (AvgIpc) is 2.95. The summed E-state index contributed by atoms with van der Waals surface area (Å²) in [6, 6.07) is 12.4. The summed E-state index contributed by atoms with van der Waals surface area (Å²) in [4.78, 5) is 40.6. The first-order valence-corrected chi connectivity index (χ1v) is 10.1. The second-order valence-corrected chi connectivity index (χ2v) is 8.29. The Morgan fingerprint density at radius 3 is 2.12 bits per heavy atom. The molecule has 1 aliphatic heterocycles. The third kappa shape index (κ3) is 4.36. The van der Waals surface area contributed by atoms with Gasteiger partial charge in [0.2, 0.25) is 0 Å². The Balaban J connectivity index is 1.98. The summed E-state index contributed by atoms with van der Waals surface area (Å²) in [6.45, 7) is 6.68. The summed E-state index contributed by atoms with van der Waals surface area (Å²) in [5.41, 5.74) is 3.63. The lowest BCUT2D eigenvalue weighted by atomic mass is 9.99. The molecule has 2 aromatic carbocycles. The number of carbonyl (C=O) groups is 3. The number of hydrazine groups is 1. The number of anilines is 2. The fourth-order valence-electron chi connectivity index (χ4n) is 3.67. The molecular formula is C22H27N6O4-. The number of hydroxylamine groups is 2. The Hall–Kier alpha value is -3.63. The van der Waals surface area contributed by atoms with Crippen LogP contribution < -0.4 is 21.5 Å². The van der Waals surface area contributed by atoms with E-state index in [1.54, 1.807) is 62.4 Å². The van der Waals surface area contributed by atoms with Crippen molar-refractivity contribution in [2.75, 3.05) is 16.8 Å². The van der Waals surface area contributed by atoms with Gasteiger partial charge in [0.15, 0.2) is 0 Å². The summed E-state index contributed by atoms with van der Waals surface area (Å²) in [5.74, 6) is 4.60. The van der Waals surface area contributed by atoms with Gasteiger partial charge in [-0.2, -0.15) is 0 Å². The summed E-state index contributed by atoms with van der Waals surface area (Å²) >= 11 is 0. The lowest BCUT2D eigenvalue weighted by Gasteiger charge is -2.45. The van der Waals surface area contributed by atoms with Crippen LogP contribution in [0.4, 0.5) is 21.0 Å². The number of benzene rings is 2. The predicted molar refractivity (Wildman–Crippen MR) is 121 cm³/mol. The van der Waals surface area contributed by atoms with Gasteiger partial charge in [-0.05, 0) is 52.0 Å². The van der Waals surface area contributed by atoms with Crippen LogP contribution in [0.25, 0.3) is 0 Å². The van der Waals surface area contributed by atoms with E-state index in [9.17, 15) is 19.6 Å². The molecule has 2 aromatic rings. The lowest BCUT2D eigenvalue weighted by molar-refractivity contribution is -0.122. The lowest BCUT2D eigenvalue weighted by Crippen LogP contribution is -2.58. The van der Waals surface area contributed by atoms with Gasteiger partial charge in [-0.25, -0.2) is 15.4 Å². The molecule has 1 atom stereocenters. The molecule has 0 saturated carbocycles. The van der Waals surface area contributed by atoms with Gasteiger partial charge in [-0.3, -0.25) is 15.1 Å². The van der Waals surface area contributed by atoms with Crippen LogP contribution in [-0.4, -0.2) is 46.2 Å². The standard InChI is InChI=1S/C22H27N6O4/c1-14-5-9-16(10-6-14)24-20(30)28(32)19-22(3,4)26(13-18(29)25-23)21(31)27(19)17-11-7-15(2)8-12-17/h5-12,19H,13,23H2,1-4H3,(H,24,30)(H,25,29)/q-1/t19-/m0/s1. The maximum absolute atomic E-state index is 13.3. The van der Waals surface area contributed by atoms with Crippen molar-refractivity contribution in [1.29, 1.82) is 0 Å². The fourth-order valence-corrected chi connectivity index (χ4v) is 3.67. The molecule has 1 fully saturated rings. The van der Waals surface area contributed by atoms with E-state index in [0.717, 1.165) is 11.1 Å². The normalized spacial score (nSPS) is 17.3. The molecule has 0 aliphatic carbocycles. The predicted octanol–water partition coefficient (Wildman–Crippen LogP) is 2.67. The molecule has 1 aliphatic rings. The van der Waals surface area contributed by atoms with Gasteiger partial charge in [-0.1, -0.05) is 35.4 Å². The number of urea groups is 2. The number of hydrogen-bond acceptors (Lipinski definition) is 5. The zero-order valence-corrected chi connectivity index (χ0v) is 18.5. The second kappa shape index (κ2) is 8.85. The summed E-state index contributed by atoms with van der Waals surface area (Å²) in [7, 11) is 0. The van der Waals surface area contributed by atoms with E-state index >= 15 is 0 Å². The maximum atomic E-state index is 13.3. The van der Waals surface area contributed by atoms with Crippen LogP contribution in [0.2, 0.25) is 0 Å². The minimum atomic E-state index is -1.24. The van der Waals surface area contributed by atoms with Crippen molar-refractivity contribution in [3.8, 4) is 0 Å². The molecule has 1 saturated heterocycles. The monoisotopic (exact) mass is 439 g/mol. The molecule has 0 spiro atoms. The Morgan fingerprint density at radius 2 is 1.59 bits per heavy atom. The highest BCUT2D eigenvalue weighted by molar-refractivity contribution is 6.00. The minimum absolute atomic E-state index is 0.234. The largest absolute Gasteiger partial charge is 0.753 e. The van der Waals surface area contributed by atoms with Gasteiger partial charge in [0.1, 0.15) is 12.7 Å². The number of aryl methyl sites for hydroxylation is 2. The van der Waals surface area contributed by atoms with E-state index in [-0.39, 0.29) is 11.6 Å². The van der Waals surface area contributed by atoms with Crippen LogP contribution in [0.15, 0.2) is 48.5 Å². The van der Waals surface area contributed by atoms with Gasteiger partial charge in [0, 0.05) is 11.4 Å². The summed E-state index contributed by atoms with van der Waals surface area (Å²) in [6.07, 6.45) is -1.24. The average molecular weight is 439 g/mol. The first-order valence-electron chi connectivity index (χ1n) is 10.1. The second-order valence-electron chi connectivity index (χ2n) is 8.29. The Kier molecular flexibility index (Phi) is 6.37. The Bertz CT molecular complexity index is 1010. The number of nitrogens with one attached hydrogen (secondary N) is 2. The van der Waals surface area contributed by atoms with Crippen molar-refractivity contribution in [1.82, 2.24) is 15.4 Å². The molecule has 3 rings (SSSR count). The van der Waals surface area contributed by atoms with E-state index in [0.29, 0.717) is 11.4 Å². The molecule has 170 valence electrons. The highest BCUT2D eigenvalue weighted by atomic mass is 16.5. The number of amides is 5. The highest BCUT2D eigenvalue weighted by Gasteiger charge is 2.54. The number of hydrogen-bond donors (Lipinski definition) is 3. The van der Waals surface area contributed by atoms with Gasteiger partial charge in [0.25, 0.3) is 5.91 Å². The first-order chi connectivity index (χ1) is 15.1. The molecular weight excluding hydrogens is 412 g/mol. The van der Waals surface area contributed by atoms with Crippen molar-refractivity contribution >= 4 is 29.3 Å². The molecule has 4 N–H and O–H groups in total. The van der Waals surface area contributed by atoms with E-state index in [4.69, 9.17) is 5.84 Å². The molecule has 32 heavy (non-hydrogen) atoms. The molecule has 5 amide bonds. The number of nitrogens with two attached hydrogens (primary N) is 1. The molecule has 1 heterocycles. The van der Waals surface area contributed by atoms with E-state index in [2.05, 4.69) is 5.32 Å². The number of rotatable bonds is 5. The smallest absolute Gasteiger partial charge is 0.327 e. The van der Waals surface area contributed by atoms with Gasteiger partial charge < -0.3 is 20.5 Å². The van der Waals surface area contributed by atoms with Crippen LogP contribution in [-0.2, 0) is 4.79 Å². The molecule has 0 radical (unpaired) electrons. The van der Waals surface area contributed by atoms with E-state index < -0.39 is 29.7 Å². The van der Waals surface area contributed by atoms with Crippen LogP contribution >= 0.6 is 0 Å². The van der Waals surface area contributed by atoms with Crippen molar-refractivity contribution in [2.24, 2.45) is 5.84 Å².